The Morgan fingerprint density at radius 1 is 1.14 bits per heavy atom. The van der Waals surface area contributed by atoms with E-state index in [1.165, 1.54) is 11.8 Å². The average molecular weight is 505 g/mol. The molecule has 0 bridgehead atoms. The Morgan fingerprint density at radius 2 is 1.89 bits per heavy atom. The highest BCUT2D eigenvalue weighted by Crippen LogP contribution is 2.35. The molecule has 36 heavy (non-hydrogen) atoms. The number of nitrogens with zero attached hydrogens (tertiary/aromatic N) is 4. The van der Waals surface area contributed by atoms with Crippen molar-refractivity contribution in [3.63, 3.8) is 0 Å². The minimum atomic E-state index is -0.294. The zero-order chi connectivity index (χ0) is 25.1. The van der Waals surface area contributed by atoms with Gasteiger partial charge in [0.05, 0.1) is 30.4 Å². The molecule has 2 aliphatic heterocycles. The van der Waals surface area contributed by atoms with Gasteiger partial charge in [0.25, 0.3) is 5.91 Å². The van der Waals surface area contributed by atoms with Crippen LogP contribution in [-0.2, 0) is 25.6 Å². The monoisotopic (exact) mass is 504 g/mol. The Hall–Kier alpha value is -3.56. The molecule has 2 fully saturated rings. The smallest absolute Gasteiger partial charge is 0.325 e. The Kier molecular flexibility index (Phi) is 7.11. The van der Waals surface area contributed by atoms with Gasteiger partial charge < -0.3 is 18.9 Å². The number of anilines is 1. The van der Waals surface area contributed by atoms with E-state index in [1.54, 1.807) is 18.9 Å². The Balaban J connectivity index is 1.38. The molecule has 3 aromatic rings. The summed E-state index contributed by atoms with van der Waals surface area (Å²) in [5.74, 6) is -0.400. The second-order valence-corrected chi connectivity index (χ2v) is 9.53. The second kappa shape index (κ2) is 10.6. The van der Waals surface area contributed by atoms with Crippen LogP contribution in [0.3, 0.4) is 0 Å². The highest BCUT2D eigenvalue weighted by Gasteiger charge is 2.30. The lowest BCUT2D eigenvalue weighted by Gasteiger charge is -2.28. The number of hydrogen-bond donors (Lipinski definition) is 0. The van der Waals surface area contributed by atoms with Gasteiger partial charge in [-0.05, 0) is 55.1 Å². The molecular weight excluding hydrogens is 476 g/mol. The number of aromatic nitrogens is 1. The van der Waals surface area contributed by atoms with Crippen molar-refractivity contribution in [1.82, 2.24) is 9.47 Å². The molecule has 3 heterocycles. The van der Waals surface area contributed by atoms with Crippen LogP contribution in [-0.4, -0.2) is 66.5 Å². The standard InChI is InChI=1S/C27H28N4O4S/c1-3-35-25(32)18-31-17-19(22-6-4-5-7-23(22)31)16-24-26(33)29(2)27(36-24)28-20-8-10-21(11-9-20)30-12-14-34-15-13-30/h4-11,16-17H,3,12-15,18H2,1-2H3. The number of morpholine rings is 1. The van der Waals surface area contributed by atoms with E-state index in [0.717, 1.165) is 54.1 Å². The third-order valence-electron chi connectivity index (χ3n) is 6.17. The van der Waals surface area contributed by atoms with Crippen LogP contribution in [0.2, 0.25) is 0 Å². The van der Waals surface area contributed by atoms with Gasteiger partial charge in [0.1, 0.15) is 6.54 Å². The quantitative estimate of drug-likeness (QED) is 0.369. The third kappa shape index (κ3) is 5.03. The zero-order valence-electron chi connectivity index (χ0n) is 20.3. The number of hydrogen-bond acceptors (Lipinski definition) is 7. The van der Waals surface area contributed by atoms with E-state index in [-0.39, 0.29) is 18.4 Å². The van der Waals surface area contributed by atoms with Crippen molar-refractivity contribution in [1.29, 1.82) is 0 Å². The van der Waals surface area contributed by atoms with E-state index in [1.807, 2.05) is 53.2 Å². The van der Waals surface area contributed by atoms with Crippen molar-refractivity contribution < 1.29 is 19.1 Å². The molecule has 0 unspecified atom stereocenters. The zero-order valence-corrected chi connectivity index (χ0v) is 21.2. The van der Waals surface area contributed by atoms with Crippen LogP contribution in [0.25, 0.3) is 17.0 Å². The largest absolute Gasteiger partial charge is 0.465 e. The van der Waals surface area contributed by atoms with Crippen LogP contribution in [0.1, 0.15) is 12.5 Å². The van der Waals surface area contributed by atoms with E-state index in [9.17, 15) is 9.59 Å². The van der Waals surface area contributed by atoms with Crippen molar-refractivity contribution >= 4 is 57.2 Å². The molecular formula is C27H28N4O4S. The highest BCUT2D eigenvalue weighted by atomic mass is 32.2. The number of likely N-dealkylation sites (N-methyl/N-ethyl adjacent to an activating group) is 1. The van der Waals surface area contributed by atoms with Crippen LogP contribution in [0, 0.1) is 0 Å². The molecule has 0 saturated carbocycles. The predicted molar refractivity (Wildman–Crippen MR) is 143 cm³/mol. The lowest BCUT2D eigenvalue weighted by atomic mass is 10.1. The second-order valence-electron chi connectivity index (χ2n) is 8.52. The van der Waals surface area contributed by atoms with Crippen LogP contribution < -0.4 is 4.90 Å². The molecule has 0 radical (unpaired) electrons. The molecule has 2 saturated heterocycles. The fourth-order valence-corrected chi connectivity index (χ4v) is 5.31. The summed E-state index contributed by atoms with van der Waals surface area (Å²) in [4.78, 5) is 34.3. The summed E-state index contributed by atoms with van der Waals surface area (Å²) < 4.78 is 12.4. The first-order chi connectivity index (χ1) is 17.5. The summed E-state index contributed by atoms with van der Waals surface area (Å²) in [7, 11) is 1.74. The fourth-order valence-electron chi connectivity index (χ4n) is 4.33. The molecule has 2 aliphatic rings. The van der Waals surface area contributed by atoms with Crippen molar-refractivity contribution in [2.45, 2.75) is 13.5 Å². The lowest BCUT2D eigenvalue weighted by molar-refractivity contribution is -0.143. The van der Waals surface area contributed by atoms with Gasteiger partial charge in [-0.2, -0.15) is 0 Å². The lowest BCUT2D eigenvalue weighted by Crippen LogP contribution is -2.36. The van der Waals surface area contributed by atoms with Gasteiger partial charge in [0, 0.05) is 48.5 Å². The van der Waals surface area contributed by atoms with Crippen molar-refractivity contribution in [2.75, 3.05) is 44.9 Å². The minimum absolute atomic E-state index is 0.106. The summed E-state index contributed by atoms with van der Waals surface area (Å²) in [6.45, 7) is 5.49. The Labute approximate surface area is 214 Å². The number of amidine groups is 1. The maximum Gasteiger partial charge on any atom is 0.325 e. The number of carbonyl (C=O) groups is 2. The number of carbonyl (C=O) groups excluding carboxylic acids is 2. The van der Waals surface area contributed by atoms with E-state index in [4.69, 9.17) is 14.5 Å². The minimum Gasteiger partial charge on any atom is -0.465 e. The summed E-state index contributed by atoms with van der Waals surface area (Å²) in [6.07, 6.45) is 3.76. The van der Waals surface area contributed by atoms with Crippen molar-refractivity contribution in [2.24, 2.45) is 4.99 Å². The molecule has 5 rings (SSSR count). The van der Waals surface area contributed by atoms with Crippen molar-refractivity contribution in [3.8, 4) is 0 Å². The predicted octanol–water partition coefficient (Wildman–Crippen LogP) is 4.27. The van der Waals surface area contributed by atoms with Gasteiger partial charge in [0.2, 0.25) is 0 Å². The van der Waals surface area contributed by atoms with E-state index in [0.29, 0.717) is 16.7 Å². The number of aliphatic imine (C=N–C) groups is 1. The molecule has 9 heteroatoms. The first-order valence-electron chi connectivity index (χ1n) is 12.0. The summed E-state index contributed by atoms with van der Waals surface area (Å²) in [5.41, 5.74) is 3.72. The maximum atomic E-state index is 13.0. The topological polar surface area (TPSA) is 76.4 Å². The normalized spacial score (nSPS) is 18.6. The van der Waals surface area contributed by atoms with E-state index < -0.39 is 0 Å². The van der Waals surface area contributed by atoms with Crippen LogP contribution in [0.4, 0.5) is 11.4 Å². The summed E-state index contributed by atoms with van der Waals surface area (Å²) >= 11 is 1.35. The number of benzene rings is 2. The molecule has 1 aromatic heterocycles. The summed E-state index contributed by atoms with van der Waals surface area (Å²) in [6, 6.07) is 15.9. The first-order valence-corrected chi connectivity index (χ1v) is 12.8. The molecule has 8 nitrogen and oxygen atoms in total. The SMILES string of the molecule is CCOC(=O)Cn1cc(C=C2SC(=Nc3ccc(N4CCOCC4)cc3)N(C)C2=O)c2ccccc21. The van der Waals surface area contributed by atoms with E-state index in [2.05, 4.69) is 17.0 Å². The van der Waals surface area contributed by atoms with Gasteiger partial charge in [-0.1, -0.05) is 18.2 Å². The maximum absolute atomic E-state index is 13.0. The van der Waals surface area contributed by atoms with Gasteiger partial charge in [-0.3, -0.25) is 14.5 Å². The molecule has 1 amide bonds. The van der Waals surface area contributed by atoms with Crippen LogP contribution in [0.5, 0.6) is 0 Å². The molecule has 0 aliphatic carbocycles. The van der Waals surface area contributed by atoms with E-state index >= 15 is 0 Å². The number of para-hydroxylation sites is 1. The van der Waals surface area contributed by atoms with Crippen LogP contribution >= 0.6 is 11.8 Å². The molecule has 186 valence electrons. The highest BCUT2D eigenvalue weighted by molar-refractivity contribution is 8.18. The Morgan fingerprint density at radius 3 is 2.64 bits per heavy atom. The molecule has 0 N–H and O–H groups in total. The average Bonchev–Trinajstić information content (AvgIpc) is 3.37. The Bertz CT molecular complexity index is 1340. The van der Waals surface area contributed by atoms with Crippen LogP contribution in [0.15, 0.2) is 64.6 Å². The fraction of sp³-hybridized carbons (Fsp3) is 0.296. The molecule has 0 spiro atoms. The van der Waals surface area contributed by atoms with Gasteiger partial charge >= 0.3 is 5.97 Å². The molecule has 0 atom stereocenters. The number of amides is 1. The number of rotatable bonds is 6. The third-order valence-corrected chi connectivity index (χ3v) is 7.23. The number of esters is 1. The molecule has 2 aromatic carbocycles. The first kappa shape index (κ1) is 24.1. The van der Waals surface area contributed by atoms with Crippen molar-refractivity contribution in [3.05, 3.63) is 65.2 Å². The number of fused-ring (bicyclic) bond motifs is 1. The van der Waals surface area contributed by atoms with Gasteiger partial charge in [0.15, 0.2) is 5.17 Å². The number of ether oxygens (including phenoxy) is 2. The number of thioether (sulfide) groups is 1. The van der Waals surface area contributed by atoms with Gasteiger partial charge in [-0.15, -0.1) is 0 Å². The summed E-state index contributed by atoms with van der Waals surface area (Å²) in [5, 5.41) is 1.59. The van der Waals surface area contributed by atoms with Gasteiger partial charge in [-0.25, -0.2) is 4.99 Å².